The van der Waals surface area contributed by atoms with Crippen LogP contribution in [-0.2, 0) is 4.74 Å². The van der Waals surface area contributed by atoms with Crippen molar-refractivity contribution in [1.82, 2.24) is 20.3 Å². The second-order valence-corrected chi connectivity index (χ2v) is 8.43. The number of methoxy groups -OCH3 is 1. The van der Waals surface area contributed by atoms with Crippen LogP contribution in [0.2, 0.25) is 0 Å². The fraction of sp³-hybridized carbons (Fsp3) is 0.346. The number of ether oxygens (including phenoxy) is 3. The molecule has 0 aliphatic carbocycles. The molecule has 1 amide bonds. The first-order valence-electron chi connectivity index (χ1n) is 12.0. The SMILES string of the molecule is COc1nccc(Nc2nccc(-c3ccc(OC4CCOCC4)c(C#N)c3)n2)c1C(=O)NC[C@H](O)CO. The highest BCUT2D eigenvalue weighted by atomic mass is 16.5. The molecule has 4 N–H and O–H groups in total. The highest BCUT2D eigenvalue weighted by molar-refractivity contribution is 6.02. The molecule has 198 valence electrons. The van der Waals surface area contributed by atoms with Crippen molar-refractivity contribution in [3.05, 3.63) is 53.9 Å². The Morgan fingerprint density at radius 1 is 1.24 bits per heavy atom. The van der Waals surface area contributed by atoms with Gasteiger partial charge in [0.15, 0.2) is 0 Å². The summed E-state index contributed by atoms with van der Waals surface area (Å²) in [6, 6.07) is 10.8. The quantitative estimate of drug-likeness (QED) is 0.307. The summed E-state index contributed by atoms with van der Waals surface area (Å²) in [6.45, 7) is 0.623. The van der Waals surface area contributed by atoms with Gasteiger partial charge in [-0.1, -0.05) is 0 Å². The van der Waals surface area contributed by atoms with E-state index in [1.54, 1.807) is 30.5 Å². The molecule has 1 aliphatic heterocycles. The molecular formula is C26H28N6O6. The number of hydrogen-bond donors (Lipinski definition) is 4. The predicted octanol–water partition coefficient (Wildman–Crippen LogP) is 1.80. The van der Waals surface area contributed by atoms with Crippen LogP contribution >= 0.6 is 0 Å². The van der Waals surface area contributed by atoms with Crippen molar-refractivity contribution in [3.63, 3.8) is 0 Å². The van der Waals surface area contributed by atoms with Crippen LogP contribution in [0.25, 0.3) is 11.3 Å². The lowest BCUT2D eigenvalue weighted by Crippen LogP contribution is -2.34. The molecule has 4 rings (SSSR count). The third-order valence-corrected chi connectivity index (χ3v) is 5.81. The average Bonchev–Trinajstić information content (AvgIpc) is 2.96. The molecule has 1 fully saturated rings. The number of pyridine rings is 1. The van der Waals surface area contributed by atoms with Gasteiger partial charge in [-0.25, -0.2) is 15.0 Å². The number of aliphatic hydroxyl groups is 2. The van der Waals surface area contributed by atoms with Crippen LogP contribution in [0.5, 0.6) is 11.6 Å². The number of aliphatic hydroxyl groups excluding tert-OH is 2. The summed E-state index contributed by atoms with van der Waals surface area (Å²) in [5.74, 6) is 0.198. The minimum atomic E-state index is -1.11. The van der Waals surface area contributed by atoms with Gasteiger partial charge < -0.3 is 35.1 Å². The number of nitrogens with zero attached hydrogens (tertiary/aromatic N) is 4. The Balaban J connectivity index is 1.56. The molecule has 1 saturated heterocycles. The van der Waals surface area contributed by atoms with E-state index in [2.05, 4.69) is 31.7 Å². The molecule has 1 aliphatic rings. The zero-order chi connectivity index (χ0) is 26.9. The molecule has 2 aromatic heterocycles. The van der Waals surface area contributed by atoms with Gasteiger partial charge in [0.2, 0.25) is 11.8 Å². The Morgan fingerprint density at radius 3 is 2.76 bits per heavy atom. The van der Waals surface area contributed by atoms with Crippen LogP contribution in [-0.4, -0.2) is 76.8 Å². The van der Waals surface area contributed by atoms with Crippen LogP contribution in [0.1, 0.15) is 28.8 Å². The van der Waals surface area contributed by atoms with Gasteiger partial charge in [-0.3, -0.25) is 4.79 Å². The van der Waals surface area contributed by atoms with Crippen molar-refractivity contribution in [1.29, 1.82) is 5.26 Å². The first kappa shape index (κ1) is 26.7. The van der Waals surface area contributed by atoms with E-state index in [0.717, 1.165) is 12.8 Å². The lowest BCUT2D eigenvalue weighted by Gasteiger charge is -2.23. The van der Waals surface area contributed by atoms with Gasteiger partial charge in [-0.05, 0) is 30.3 Å². The number of anilines is 2. The molecule has 0 radical (unpaired) electrons. The van der Waals surface area contributed by atoms with Crippen molar-refractivity contribution >= 4 is 17.5 Å². The Hall–Kier alpha value is -4.31. The molecular weight excluding hydrogens is 492 g/mol. The lowest BCUT2D eigenvalue weighted by atomic mass is 10.1. The van der Waals surface area contributed by atoms with Gasteiger partial charge in [0.1, 0.15) is 23.5 Å². The van der Waals surface area contributed by atoms with Crippen molar-refractivity contribution in [3.8, 4) is 29.0 Å². The van der Waals surface area contributed by atoms with Gasteiger partial charge >= 0.3 is 0 Å². The molecule has 0 bridgehead atoms. The monoisotopic (exact) mass is 520 g/mol. The Labute approximate surface area is 219 Å². The summed E-state index contributed by atoms with van der Waals surface area (Å²) in [4.78, 5) is 25.7. The number of hydrogen-bond acceptors (Lipinski definition) is 11. The van der Waals surface area contributed by atoms with Gasteiger partial charge in [-0.15, -0.1) is 0 Å². The van der Waals surface area contributed by atoms with E-state index >= 15 is 0 Å². The summed E-state index contributed by atoms with van der Waals surface area (Å²) in [6.07, 6.45) is 3.46. The summed E-state index contributed by atoms with van der Waals surface area (Å²) < 4.78 is 16.7. The van der Waals surface area contributed by atoms with Gasteiger partial charge in [0.25, 0.3) is 5.91 Å². The first-order chi connectivity index (χ1) is 18.5. The molecule has 1 atom stereocenters. The van der Waals surface area contributed by atoms with Crippen LogP contribution in [0.4, 0.5) is 11.6 Å². The minimum Gasteiger partial charge on any atom is -0.489 e. The fourth-order valence-corrected chi connectivity index (χ4v) is 3.84. The maximum atomic E-state index is 12.8. The third-order valence-electron chi connectivity index (χ3n) is 5.81. The molecule has 1 aromatic carbocycles. The van der Waals surface area contributed by atoms with Crippen molar-refractivity contribution in [2.24, 2.45) is 0 Å². The lowest BCUT2D eigenvalue weighted by molar-refractivity contribution is 0.0254. The molecule has 0 saturated carbocycles. The molecule has 3 heterocycles. The fourth-order valence-electron chi connectivity index (χ4n) is 3.84. The second-order valence-electron chi connectivity index (χ2n) is 8.43. The number of amides is 1. The van der Waals surface area contributed by atoms with Crippen LogP contribution in [0.15, 0.2) is 42.7 Å². The van der Waals surface area contributed by atoms with Crippen LogP contribution in [0.3, 0.4) is 0 Å². The zero-order valence-corrected chi connectivity index (χ0v) is 20.8. The van der Waals surface area contributed by atoms with Gasteiger partial charge in [0.05, 0.1) is 50.0 Å². The number of carbonyl (C=O) groups is 1. The molecule has 38 heavy (non-hydrogen) atoms. The molecule has 12 nitrogen and oxygen atoms in total. The maximum Gasteiger partial charge on any atom is 0.259 e. The standard InChI is InChI=1S/C26H28N6O6/c1-36-25-23(24(35)30-14-18(34)15-33)21(5-8-28-25)32-26-29-9-4-20(31-26)16-2-3-22(17(12-16)13-27)38-19-6-10-37-11-7-19/h2-5,8-9,12,18-19,33-34H,6-7,10-11,14-15H2,1H3,(H,30,35)(H,28,29,31,32)/t18-/m0/s1. The largest absolute Gasteiger partial charge is 0.489 e. The van der Waals surface area contributed by atoms with E-state index in [-0.39, 0.29) is 30.0 Å². The van der Waals surface area contributed by atoms with Gasteiger partial charge in [-0.2, -0.15) is 5.26 Å². The Bertz CT molecular complexity index is 1310. The van der Waals surface area contributed by atoms with E-state index < -0.39 is 18.6 Å². The Morgan fingerprint density at radius 2 is 2.03 bits per heavy atom. The number of nitriles is 1. The number of carbonyl (C=O) groups excluding carboxylic acids is 1. The van der Waals surface area contributed by atoms with E-state index in [0.29, 0.717) is 41.5 Å². The second kappa shape index (κ2) is 12.8. The minimum absolute atomic E-state index is 0.00667. The summed E-state index contributed by atoms with van der Waals surface area (Å²) in [5, 5.41) is 33.9. The van der Waals surface area contributed by atoms with Crippen LogP contribution < -0.4 is 20.1 Å². The molecule has 3 aromatic rings. The summed E-state index contributed by atoms with van der Waals surface area (Å²) >= 11 is 0. The van der Waals surface area contributed by atoms with Crippen LogP contribution in [0, 0.1) is 11.3 Å². The maximum absolute atomic E-state index is 12.8. The topological polar surface area (TPSA) is 172 Å². The van der Waals surface area contributed by atoms with Crippen molar-refractivity contribution in [2.45, 2.75) is 25.0 Å². The van der Waals surface area contributed by atoms with E-state index in [1.807, 2.05) is 6.07 Å². The smallest absolute Gasteiger partial charge is 0.259 e. The van der Waals surface area contributed by atoms with E-state index in [1.165, 1.54) is 13.3 Å². The number of benzene rings is 1. The molecule has 0 unspecified atom stereocenters. The summed E-state index contributed by atoms with van der Waals surface area (Å²) in [7, 11) is 1.38. The first-order valence-corrected chi connectivity index (χ1v) is 12.0. The van der Waals surface area contributed by atoms with E-state index in [9.17, 15) is 15.2 Å². The van der Waals surface area contributed by atoms with Crippen molar-refractivity contribution < 1.29 is 29.2 Å². The van der Waals surface area contributed by atoms with Crippen molar-refractivity contribution in [2.75, 3.05) is 38.8 Å². The van der Waals surface area contributed by atoms with Gasteiger partial charge in [0, 0.05) is 37.3 Å². The third kappa shape index (κ3) is 6.51. The number of aromatic nitrogens is 3. The Kier molecular flexibility index (Phi) is 8.99. The average molecular weight is 521 g/mol. The normalized spacial score (nSPS) is 14.3. The highest BCUT2D eigenvalue weighted by Crippen LogP contribution is 2.29. The highest BCUT2D eigenvalue weighted by Gasteiger charge is 2.21. The van der Waals surface area contributed by atoms with E-state index in [4.69, 9.17) is 19.3 Å². The molecule has 12 heteroatoms. The number of nitrogens with one attached hydrogen (secondary N) is 2. The predicted molar refractivity (Wildman–Crippen MR) is 136 cm³/mol. The summed E-state index contributed by atoms with van der Waals surface area (Å²) in [5.41, 5.74) is 2.03. The molecule has 0 spiro atoms. The number of rotatable bonds is 10. The zero-order valence-electron chi connectivity index (χ0n) is 20.8.